The molecule has 7 heteroatoms. The van der Waals surface area contributed by atoms with Gasteiger partial charge in [-0.2, -0.15) is 0 Å². The van der Waals surface area contributed by atoms with Gasteiger partial charge in [-0.25, -0.2) is 4.98 Å². The molecule has 0 unspecified atom stereocenters. The van der Waals surface area contributed by atoms with Gasteiger partial charge < -0.3 is 9.64 Å². The van der Waals surface area contributed by atoms with Gasteiger partial charge in [0.1, 0.15) is 12.3 Å². The molecule has 0 radical (unpaired) electrons. The zero-order valence-electron chi connectivity index (χ0n) is 17.0. The lowest BCUT2D eigenvalue weighted by Gasteiger charge is -2.19. The third-order valence-corrected chi connectivity index (χ3v) is 5.42. The monoisotopic (exact) mass is 405 g/mol. The third-order valence-electron chi connectivity index (χ3n) is 5.42. The van der Waals surface area contributed by atoms with Crippen LogP contribution >= 0.6 is 0 Å². The van der Waals surface area contributed by atoms with Crippen LogP contribution in [-0.2, 0) is 27.4 Å². The minimum atomic E-state index is -0.536. The number of aryl methyl sites for hydroxylation is 2. The average Bonchev–Trinajstić information content (AvgIpc) is 3.13. The largest absolute Gasteiger partial charge is 0.459 e. The lowest BCUT2D eigenvalue weighted by atomic mass is 10.1. The van der Waals surface area contributed by atoms with E-state index >= 15 is 0 Å². The van der Waals surface area contributed by atoms with Crippen molar-refractivity contribution in [2.75, 3.05) is 11.4 Å². The molecule has 0 aliphatic carbocycles. The van der Waals surface area contributed by atoms with E-state index in [1.54, 1.807) is 11.0 Å². The fourth-order valence-electron chi connectivity index (χ4n) is 3.87. The van der Waals surface area contributed by atoms with Gasteiger partial charge in [0.05, 0.1) is 11.6 Å². The molecule has 2 aromatic heterocycles. The molecule has 154 valence electrons. The highest BCUT2D eigenvalue weighted by Crippen LogP contribution is 2.29. The number of pyridine rings is 1. The maximum Gasteiger partial charge on any atom is 0.311 e. The Morgan fingerprint density at radius 3 is 2.77 bits per heavy atom. The first-order valence-corrected chi connectivity index (χ1v) is 10.0. The summed E-state index contributed by atoms with van der Waals surface area (Å²) >= 11 is 0. The molecule has 0 N–H and O–H groups in total. The average molecular weight is 405 g/mol. The molecule has 0 saturated carbocycles. The summed E-state index contributed by atoms with van der Waals surface area (Å²) < 4.78 is 6.91. The smallest absolute Gasteiger partial charge is 0.311 e. The Morgan fingerprint density at radius 2 is 1.97 bits per heavy atom. The van der Waals surface area contributed by atoms with Crippen LogP contribution in [0.2, 0.25) is 0 Å². The quantitative estimate of drug-likeness (QED) is 0.610. The Kier molecular flexibility index (Phi) is 5.35. The van der Waals surface area contributed by atoms with Crippen LogP contribution in [0, 0.1) is 12.8 Å². The highest BCUT2D eigenvalue weighted by atomic mass is 16.5. The molecule has 0 bridgehead atoms. The number of carbonyl (C=O) groups is 2. The number of esters is 1. The first-order valence-electron chi connectivity index (χ1n) is 10.0. The maximum atomic E-state index is 12.6. The number of hydrogen-bond donors (Lipinski definition) is 0. The molecule has 0 spiro atoms. The molecule has 1 aromatic carbocycles. The number of ether oxygens (including phenoxy) is 1. The maximum absolute atomic E-state index is 12.6. The van der Waals surface area contributed by atoms with E-state index in [2.05, 4.69) is 4.98 Å². The first-order chi connectivity index (χ1) is 14.5. The van der Waals surface area contributed by atoms with Crippen molar-refractivity contribution in [3.63, 3.8) is 0 Å². The second-order valence-electron chi connectivity index (χ2n) is 7.44. The number of rotatable bonds is 5. The summed E-state index contributed by atoms with van der Waals surface area (Å²) in [6.45, 7) is 4.05. The summed E-state index contributed by atoms with van der Waals surface area (Å²) in [6.07, 6.45) is 0.918. The van der Waals surface area contributed by atoms with Crippen molar-refractivity contribution in [2.45, 2.75) is 33.3 Å². The van der Waals surface area contributed by atoms with Crippen LogP contribution in [0.1, 0.15) is 30.3 Å². The van der Waals surface area contributed by atoms with Crippen LogP contribution in [0.4, 0.5) is 5.69 Å². The Hall–Kier alpha value is -3.48. The number of anilines is 1. The molecular formula is C23H23N3O4. The van der Waals surface area contributed by atoms with Crippen molar-refractivity contribution in [3.05, 3.63) is 75.8 Å². The standard InChI is InChI=1S/C23H23N3O4/c1-3-16-8-4-5-9-19(16)25-13-17(11-21(25)27)23(29)30-14-18-12-22(28)26-15(2)7-6-10-20(26)24-18/h4-10,12,17H,3,11,13-14H2,1-2H3/t17-/m1/s1. The normalized spacial score (nSPS) is 16.3. The van der Waals surface area contributed by atoms with Gasteiger partial charge in [0, 0.05) is 30.4 Å². The Morgan fingerprint density at radius 1 is 1.17 bits per heavy atom. The topological polar surface area (TPSA) is 81.0 Å². The van der Waals surface area contributed by atoms with E-state index in [9.17, 15) is 14.4 Å². The van der Waals surface area contributed by atoms with Gasteiger partial charge in [-0.3, -0.25) is 18.8 Å². The van der Waals surface area contributed by atoms with Crippen LogP contribution in [-0.4, -0.2) is 27.8 Å². The Balaban J connectivity index is 1.46. The van der Waals surface area contributed by atoms with Crippen molar-refractivity contribution in [2.24, 2.45) is 5.92 Å². The van der Waals surface area contributed by atoms with E-state index in [0.29, 0.717) is 17.9 Å². The van der Waals surface area contributed by atoms with E-state index in [1.807, 2.05) is 50.2 Å². The van der Waals surface area contributed by atoms with Crippen molar-refractivity contribution in [3.8, 4) is 0 Å². The number of para-hydroxylation sites is 1. The van der Waals surface area contributed by atoms with Crippen LogP contribution in [0.15, 0.2) is 53.3 Å². The van der Waals surface area contributed by atoms with Crippen LogP contribution in [0.5, 0.6) is 0 Å². The first kappa shape index (κ1) is 19.8. The molecule has 1 amide bonds. The molecule has 7 nitrogen and oxygen atoms in total. The highest BCUT2D eigenvalue weighted by Gasteiger charge is 2.36. The number of nitrogens with zero attached hydrogens (tertiary/aromatic N) is 3. The molecule has 3 aromatic rings. The molecule has 3 heterocycles. The molecule has 1 aliphatic heterocycles. The predicted octanol–water partition coefficient (Wildman–Crippen LogP) is 2.66. The molecular weight excluding hydrogens is 382 g/mol. The predicted molar refractivity (Wildman–Crippen MR) is 112 cm³/mol. The van der Waals surface area contributed by atoms with E-state index in [0.717, 1.165) is 23.4 Å². The fraction of sp³-hybridized carbons (Fsp3) is 0.304. The number of carbonyl (C=O) groups excluding carboxylic acids is 2. The lowest BCUT2D eigenvalue weighted by molar-refractivity contribution is -0.149. The second kappa shape index (κ2) is 8.10. The van der Waals surface area contributed by atoms with E-state index in [-0.39, 0.29) is 24.5 Å². The Bertz CT molecular complexity index is 1180. The van der Waals surface area contributed by atoms with Crippen LogP contribution in [0.25, 0.3) is 5.65 Å². The van der Waals surface area contributed by atoms with Gasteiger partial charge in [0.2, 0.25) is 5.91 Å². The zero-order chi connectivity index (χ0) is 21.3. The van der Waals surface area contributed by atoms with Crippen molar-refractivity contribution in [1.29, 1.82) is 0 Å². The molecule has 1 atom stereocenters. The summed E-state index contributed by atoms with van der Waals surface area (Å²) in [5.74, 6) is -1.08. The molecule has 30 heavy (non-hydrogen) atoms. The van der Waals surface area contributed by atoms with Crippen LogP contribution < -0.4 is 10.5 Å². The van der Waals surface area contributed by atoms with E-state index in [1.165, 1.54) is 10.5 Å². The van der Waals surface area contributed by atoms with Gasteiger partial charge in [-0.05, 0) is 37.1 Å². The SMILES string of the molecule is CCc1ccccc1N1C[C@H](C(=O)OCc2cc(=O)n3c(C)cccc3n2)CC1=O. The third kappa shape index (κ3) is 3.70. The number of benzene rings is 1. The molecule has 1 saturated heterocycles. The number of hydrogen-bond acceptors (Lipinski definition) is 5. The van der Waals surface area contributed by atoms with Crippen molar-refractivity contribution in [1.82, 2.24) is 9.38 Å². The fourth-order valence-corrected chi connectivity index (χ4v) is 3.87. The van der Waals surface area contributed by atoms with Crippen molar-refractivity contribution >= 4 is 23.2 Å². The number of amides is 1. The highest BCUT2D eigenvalue weighted by molar-refractivity contribution is 6.00. The Labute approximate surface area is 173 Å². The minimum absolute atomic E-state index is 0.0876. The van der Waals surface area contributed by atoms with Gasteiger partial charge in [-0.15, -0.1) is 0 Å². The van der Waals surface area contributed by atoms with Crippen molar-refractivity contribution < 1.29 is 14.3 Å². The van der Waals surface area contributed by atoms with E-state index < -0.39 is 11.9 Å². The molecule has 1 fully saturated rings. The summed E-state index contributed by atoms with van der Waals surface area (Å²) in [7, 11) is 0. The minimum Gasteiger partial charge on any atom is -0.459 e. The van der Waals surface area contributed by atoms with Gasteiger partial charge in [-0.1, -0.05) is 31.2 Å². The summed E-state index contributed by atoms with van der Waals surface area (Å²) in [4.78, 5) is 43.5. The second-order valence-corrected chi connectivity index (χ2v) is 7.44. The van der Waals surface area contributed by atoms with Crippen LogP contribution in [0.3, 0.4) is 0 Å². The summed E-state index contributed by atoms with van der Waals surface area (Å²) in [6, 6.07) is 14.5. The van der Waals surface area contributed by atoms with Gasteiger partial charge >= 0.3 is 5.97 Å². The zero-order valence-corrected chi connectivity index (χ0v) is 17.0. The lowest BCUT2D eigenvalue weighted by Crippen LogP contribution is -2.27. The van der Waals surface area contributed by atoms with Gasteiger partial charge in [0.15, 0.2) is 0 Å². The molecule has 1 aliphatic rings. The number of aromatic nitrogens is 2. The van der Waals surface area contributed by atoms with Gasteiger partial charge in [0.25, 0.3) is 5.56 Å². The number of fused-ring (bicyclic) bond motifs is 1. The van der Waals surface area contributed by atoms with E-state index in [4.69, 9.17) is 4.74 Å². The molecule has 4 rings (SSSR count). The summed E-state index contributed by atoms with van der Waals surface area (Å²) in [5, 5.41) is 0. The summed E-state index contributed by atoms with van der Waals surface area (Å²) in [5.41, 5.74) is 3.37.